The number of aromatic amines is 1. The van der Waals surface area contributed by atoms with E-state index in [-0.39, 0.29) is 18.4 Å². The zero-order valence-corrected chi connectivity index (χ0v) is 13.4. The molecule has 21 heavy (non-hydrogen) atoms. The number of amides is 1. The fourth-order valence-electron chi connectivity index (χ4n) is 2.19. The molecule has 1 aliphatic rings. The van der Waals surface area contributed by atoms with E-state index in [0.29, 0.717) is 24.0 Å². The minimum absolute atomic E-state index is 0.0819. The van der Waals surface area contributed by atoms with E-state index in [1.807, 2.05) is 0 Å². The normalized spacial score (nSPS) is 20.3. The van der Waals surface area contributed by atoms with Crippen LogP contribution in [0.3, 0.4) is 0 Å². The summed E-state index contributed by atoms with van der Waals surface area (Å²) in [7, 11) is -3.22. The number of nitrogens with zero attached hydrogens (tertiary/aromatic N) is 3. The molecular formula is C11H19N5O3S2. The number of aromatic nitrogens is 3. The van der Waals surface area contributed by atoms with Crippen molar-refractivity contribution in [2.75, 3.05) is 31.6 Å². The van der Waals surface area contributed by atoms with E-state index in [2.05, 4.69) is 20.5 Å². The van der Waals surface area contributed by atoms with Gasteiger partial charge in [0.25, 0.3) is 0 Å². The van der Waals surface area contributed by atoms with Crippen LogP contribution < -0.4 is 5.32 Å². The van der Waals surface area contributed by atoms with E-state index < -0.39 is 10.0 Å². The van der Waals surface area contributed by atoms with E-state index in [1.165, 1.54) is 28.7 Å². The number of rotatable bonds is 6. The molecule has 1 saturated heterocycles. The molecule has 10 heteroatoms. The van der Waals surface area contributed by atoms with Gasteiger partial charge in [-0.15, -0.1) is 0 Å². The summed E-state index contributed by atoms with van der Waals surface area (Å²) < 4.78 is 24.4. The highest BCUT2D eigenvalue weighted by atomic mass is 32.2. The minimum Gasteiger partial charge on any atom is -0.355 e. The molecule has 1 aromatic rings. The van der Waals surface area contributed by atoms with Gasteiger partial charge in [-0.3, -0.25) is 9.89 Å². The van der Waals surface area contributed by atoms with Crippen molar-refractivity contribution >= 4 is 27.7 Å². The van der Waals surface area contributed by atoms with Gasteiger partial charge >= 0.3 is 0 Å². The van der Waals surface area contributed by atoms with Crippen molar-refractivity contribution in [2.45, 2.75) is 18.0 Å². The van der Waals surface area contributed by atoms with Gasteiger partial charge in [-0.05, 0) is 12.8 Å². The molecule has 0 bridgehead atoms. The highest BCUT2D eigenvalue weighted by Crippen LogP contribution is 2.18. The van der Waals surface area contributed by atoms with E-state index in [9.17, 15) is 13.2 Å². The maximum Gasteiger partial charge on any atom is 0.224 e. The molecule has 0 unspecified atom stereocenters. The summed E-state index contributed by atoms with van der Waals surface area (Å²) in [4.78, 5) is 16.0. The number of thioether (sulfide) groups is 1. The number of sulfonamides is 1. The third-order valence-electron chi connectivity index (χ3n) is 3.26. The van der Waals surface area contributed by atoms with Gasteiger partial charge in [0, 0.05) is 25.4 Å². The number of hydrogen-bond acceptors (Lipinski definition) is 6. The Hall–Kier alpha value is -1.13. The van der Waals surface area contributed by atoms with Gasteiger partial charge in [-0.25, -0.2) is 17.7 Å². The van der Waals surface area contributed by atoms with Crippen molar-refractivity contribution in [1.82, 2.24) is 24.8 Å². The topological polar surface area (TPSA) is 108 Å². The van der Waals surface area contributed by atoms with Crippen molar-refractivity contribution in [3.8, 4) is 0 Å². The molecule has 1 fully saturated rings. The molecule has 1 aliphatic heterocycles. The average molecular weight is 333 g/mol. The Kier molecular flexibility index (Phi) is 5.59. The quantitative estimate of drug-likeness (QED) is 0.546. The molecule has 1 aromatic heterocycles. The molecule has 2 rings (SSSR count). The molecular weight excluding hydrogens is 314 g/mol. The summed E-state index contributed by atoms with van der Waals surface area (Å²) in [5, 5.41) is 10.0. The highest BCUT2D eigenvalue weighted by molar-refractivity contribution is 7.99. The van der Waals surface area contributed by atoms with Crippen molar-refractivity contribution < 1.29 is 13.2 Å². The molecule has 2 N–H and O–H groups in total. The van der Waals surface area contributed by atoms with Crippen LogP contribution in [0.4, 0.5) is 0 Å². The molecule has 1 atom stereocenters. The number of hydrogen-bond donors (Lipinski definition) is 2. The van der Waals surface area contributed by atoms with Crippen molar-refractivity contribution in [1.29, 1.82) is 0 Å². The van der Waals surface area contributed by atoms with Crippen molar-refractivity contribution in [3.05, 3.63) is 6.33 Å². The lowest BCUT2D eigenvalue weighted by atomic mass is 9.99. The highest BCUT2D eigenvalue weighted by Gasteiger charge is 2.29. The van der Waals surface area contributed by atoms with Crippen molar-refractivity contribution in [3.63, 3.8) is 0 Å². The van der Waals surface area contributed by atoms with Crippen LogP contribution >= 0.6 is 11.8 Å². The Morgan fingerprint density at radius 1 is 1.62 bits per heavy atom. The van der Waals surface area contributed by atoms with Crippen LogP contribution in [0.2, 0.25) is 0 Å². The van der Waals surface area contributed by atoms with E-state index >= 15 is 0 Å². The third-order valence-corrected chi connectivity index (χ3v) is 5.40. The van der Waals surface area contributed by atoms with Crippen molar-refractivity contribution in [2.24, 2.45) is 5.92 Å². The number of nitrogens with one attached hydrogen (secondary N) is 2. The lowest BCUT2D eigenvalue weighted by molar-refractivity contribution is -0.125. The Morgan fingerprint density at radius 2 is 2.43 bits per heavy atom. The van der Waals surface area contributed by atoms with Crippen LogP contribution in [0.5, 0.6) is 0 Å². The number of carbonyl (C=O) groups excluding carboxylic acids is 1. The zero-order chi connectivity index (χ0) is 15.3. The second-order valence-corrected chi connectivity index (χ2v) is 7.96. The summed E-state index contributed by atoms with van der Waals surface area (Å²) in [5.74, 6) is 0.342. The monoisotopic (exact) mass is 333 g/mol. The van der Waals surface area contributed by atoms with Crippen LogP contribution in [-0.2, 0) is 14.8 Å². The van der Waals surface area contributed by atoms with E-state index in [1.54, 1.807) is 0 Å². The summed E-state index contributed by atoms with van der Waals surface area (Å²) in [5.41, 5.74) is 0. The number of piperidine rings is 1. The first-order valence-corrected chi connectivity index (χ1v) is 9.51. The molecule has 8 nitrogen and oxygen atoms in total. The number of H-pyrrole nitrogens is 1. The molecule has 0 radical (unpaired) electrons. The first kappa shape index (κ1) is 16.2. The SMILES string of the molecule is CS(=O)(=O)N1CCC[C@H](C(=O)NCCSc2ncn[nH]2)C1. The second kappa shape index (κ2) is 7.23. The van der Waals surface area contributed by atoms with Crippen LogP contribution in [0.15, 0.2) is 11.5 Å². The van der Waals surface area contributed by atoms with Gasteiger partial charge in [-0.1, -0.05) is 11.8 Å². The standard InChI is InChI=1S/C11H19N5O3S2/c1-21(18,19)16-5-2-3-9(7-16)10(17)12-4-6-20-11-13-8-14-15-11/h8-9H,2-7H2,1H3,(H,12,17)(H,13,14,15)/t9-/m0/s1. The molecule has 0 aromatic carbocycles. The zero-order valence-electron chi connectivity index (χ0n) is 11.8. The van der Waals surface area contributed by atoms with Crippen LogP contribution in [-0.4, -0.2) is 65.5 Å². The Bertz CT molecular complexity index is 560. The van der Waals surface area contributed by atoms with Gasteiger partial charge in [0.1, 0.15) is 6.33 Å². The van der Waals surface area contributed by atoms with Gasteiger partial charge < -0.3 is 5.32 Å². The van der Waals surface area contributed by atoms with E-state index in [0.717, 1.165) is 12.8 Å². The molecule has 118 valence electrons. The minimum atomic E-state index is -3.22. The molecule has 1 amide bonds. The number of carbonyl (C=O) groups is 1. The summed E-state index contributed by atoms with van der Waals surface area (Å²) in [6.07, 6.45) is 4.06. The fourth-order valence-corrected chi connectivity index (χ4v) is 3.74. The maximum absolute atomic E-state index is 12.1. The van der Waals surface area contributed by atoms with Crippen LogP contribution in [0.1, 0.15) is 12.8 Å². The fraction of sp³-hybridized carbons (Fsp3) is 0.727. The molecule has 0 aliphatic carbocycles. The van der Waals surface area contributed by atoms with Gasteiger partial charge in [0.15, 0.2) is 5.16 Å². The predicted molar refractivity (Wildman–Crippen MR) is 79.3 cm³/mol. The maximum atomic E-state index is 12.1. The van der Waals surface area contributed by atoms with Crippen LogP contribution in [0, 0.1) is 5.92 Å². The molecule has 0 spiro atoms. The first-order chi connectivity index (χ1) is 9.97. The predicted octanol–water partition coefficient (Wildman–Crippen LogP) is -0.315. The summed E-state index contributed by atoms with van der Waals surface area (Å²) in [6.45, 7) is 1.30. The Morgan fingerprint density at radius 3 is 3.10 bits per heavy atom. The summed E-state index contributed by atoms with van der Waals surface area (Å²) in [6, 6.07) is 0. The lowest BCUT2D eigenvalue weighted by Gasteiger charge is -2.30. The van der Waals surface area contributed by atoms with Crippen LogP contribution in [0.25, 0.3) is 0 Å². The first-order valence-electron chi connectivity index (χ1n) is 6.68. The molecule has 2 heterocycles. The second-order valence-electron chi connectivity index (χ2n) is 4.89. The lowest BCUT2D eigenvalue weighted by Crippen LogP contribution is -2.45. The smallest absolute Gasteiger partial charge is 0.224 e. The Labute approximate surface area is 128 Å². The molecule has 0 saturated carbocycles. The van der Waals surface area contributed by atoms with Gasteiger partial charge in [0.2, 0.25) is 15.9 Å². The largest absolute Gasteiger partial charge is 0.355 e. The van der Waals surface area contributed by atoms with E-state index in [4.69, 9.17) is 0 Å². The van der Waals surface area contributed by atoms with Gasteiger partial charge in [-0.2, -0.15) is 5.10 Å². The average Bonchev–Trinajstić information content (AvgIpc) is 2.96. The Balaban J connectivity index is 1.72. The third kappa shape index (κ3) is 4.97. The van der Waals surface area contributed by atoms with Gasteiger partial charge in [0.05, 0.1) is 12.2 Å². The summed E-state index contributed by atoms with van der Waals surface area (Å²) >= 11 is 1.47.